The van der Waals surface area contributed by atoms with E-state index in [1.54, 1.807) is 26.8 Å². The summed E-state index contributed by atoms with van der Waals surface area (Å²) >= 11 is 0. The van der Waals surface area contributed by atoms with Crippen molar-refractivity contribution < 1.29 is 30.6 Å². The lowest BCUT2D eigenvalue weighted by Gasteiger charge is -2.33. The van der Waals surface area contributed by atoms with Crippen molar-refractivity contribution in [2.24, 2.45) is 0 Å². The highest BCUT2D eigenvalue weighted by Gasteiger charge is 2.49. The van der Waals surface area contributed by atoms with Gasteiger partial charge in [-0.1, -0.05) is 20.8 Å². The molecular weight excluding hydrogens is 447 g/mol. The molecule has 1 aromatic carbocycles. The molecule has 0 saturated heterocycles. The number of nitriles is 1. The summed E-state index contributed by atoms with van der Waals surface area (Å²) in [5.41, 5.74) is -4.53. The number of aromatic amines is 1. The maximum Gasteiger partial charge on any atom is 0.534 e. The first kappa shape index (κ1) is 21.8. The summed E-state index contributed by atoms with van der Waals surface area (Å²) in [5, 5.41) is 9.61. The van der Waals surface area contributed by atoms with Crippen molar-refractivity contribution in [2.75, 3.05) is 0 Å². The van der Waals surface area contributed by atoms with Gasteiger partial charge in [0.2, 0.25) is 0 Å². The molecule has 0 atom stereocenters. The molecular formula is C21H16F3N3O4S. The van der Waals surface area contributed by atoms with Gasteiger partial charge >= 0.3 is 15.6 Å². The zero-order valence-corrected chi connectivity index (χ0v) is 17.9. The number of hydrogen-bond acceptors (Lipinski definition) is 6. The summed E-state index contributed by atoms with van der Waals surface area (Å²) in [4.78, 5) is 20.6. The summed E-state index contributed by atoms with van der Waals surface area (Å²) in [6, 6.07) is 7.58. The number of hydrogen-bond donors (Lipinski definition) is 1. The second-order valence-corrected chi connectivity index (χ2v) is 9.41. The van der Waals surface area contributed by atoms with Gasteiger partial charge in [-0.3, -0.25) is 4.79 Å². The number of aryl methyl sites for hydroxylation is 1. The average Bonchev–Trinajstić information content (AvgIpc) is 3.10. The van der Waals surface area contributed by atoms with Crippen molar-refractivity contribution in [1.82, 2.24) is 9.97 Å². The van der Waals surface area contributed by atoms with Crippen LogP contribution in [0.1, 0.15) is 59.2 Å². The van der Waals surface area contributed by atoms with Crippen molar-refractivity contribution in [3.05, 3.63) is 57.9 Å². The van der Waals surface area contributed by atoms with Crippen LogP contribution in [-0.2, 0) is 22.0 Å². The van der Waals surface area contributed by atoms with Crippen molar-refractivity contribution in [3.8, 4) is 11.8 Å². The molecule has 0 aliphatic heterocycles. The standard InChI is InChI=1S/C21H16F3N3O4S/c1-4-10-7-13-14(8-15(10)31-32(29,30)21(22,23)24)20(2,3)18-16(17(13)28)12-6-5-11(9-25)26-19(12)27-18/h5-8H,4H2,1-3H3,(H,26,27). The monoisotopic (exact) mass is 463 g/mol. The Balaban J connectivity index is 1.95. The Kier molecular flexibility index (Phi) is 4.64. The summed E-state index contributed by atoms with van der Waals surface area (Å²) in [6.45, 7) is 5.09. The van der Waals surface area contributed by atoms with Gasteiger partial charge in [-0.2, -0.15) is 26.9 Å². The molecule has 0 bridgehead atoms. The van der Waals surface area contributed by atoms with E-state index in [2.05, 4.69) is 14.2 Å². The van der Waals surface area contributed by atoms with E-state index in [9.17, 15) is 26.4 Å². The first-order valence-corrected chi connectivity index (χ1v) is 10.9. The Labute approximate surface area is 181 Å². The van der Waals surface area contributed by atoms with Crippen molar-refractivity contribution in [2.45, 2.75) is 38.1 Å². The van der Waals surface area contributed by atoms with Gasteiger partial charge in [0.05, 0.1) is 5.56 Å². The van der Waals surface area contributed by atoms with Gasteiger partial charge in [-0.05, 0) is 41.8 Å². The molecule has 1 aliphatic rings. The van der Waals surface area contributed by atoms with Crippen LogP contribution < -0.4 is 4.18 Å². The van der Waals surface area contributed by atoms with Gasteiger partial charge in [0.1, 0.15) is 23.2 Å². The third-order valence-electron chi connectivity index (χ3n) is 5.61. The number of fused-ring (bicyclic) bond motifs is 4. The first-order chi connectivity index (χ1) is 14.8. The van der Waals surface area contributed by atoms with E-state index in [0.29, 0.717) is 27.9 Å². The number of alkyl halides is 3. The zero-order valence-electron chi connectivity index (χ0n) is 17.1. The molecule has 0 saturated carbocycles. The molecule has 166 valence electrons. The molecule has 0 unspecified atom stereocenters. The summed E-state index contributed by atoms with van der Waals surface area (Å²) in [6.07, 6.45) is 0.136. The fourth-order valence-electron chi connectivity index (χ4n) is 3.96. The van der Waals surface area contributed by atoms with Crippen molar-refractivity contribution >= 4 is 26.9 Å². The molecule has 2 aromatic heterocycles. The van der Waals surface area contributed by atoms with E-state index >= 15 is 0 Å². The summed E-state index contributed by atoms with van der Waals surface area (Å²) in [5.74, 6) is -0.860. The van der Waals surface area contributed by atoms with Crippen molar-refractivity contribution in [1.29, 1.82) is 5.26 Å². The van der Waals surface area contributed by atoms with Crippen LogP contribution in [0, 0.1) is 11.3 Å². The number of halogens is 3. The molecule has 2 heterocycles. The number of rotatable bonds is 3. The predicted octanol–water partition coefficient (Wildman–Crippen LogP) is 4.10. The van der Waals surface area contributed by atoms with E-state index < -0.39 is 26.8 Å². The molecule has 0 radical (unpaired) electrons. The number of pyridine rings is 1. The first-order valence-electron chi connectivity index (χ1n) is 9.48. The van der Waals surface area contributed by atoms with E-state index in [0.717, 1.165) is 0 Å². The number of carbonyl (C=O) groups is 1. The lowest BCUT2D eigenvalue weighted by atomic mass is 9.71. The van der Waals surface area contributed by atoms with Crippen LogP contribution in [-0.4, -0.2) is 29.7 Å². The molecule has 0 amide bonds. The average molecular weight is 463 g/mol. The van der Waals surface area contributed by atoms with Crippen LogP contribution in [0.2, 0.25) is 0 Å². The van der Waals surface area contributed by atoms with E-state index in [1.165, 1.54) is 18.2 Å². The van der Waals surface area contributed by atoms with Crippen molar-refractivity contribution in [3.63, 3.8) is 0 Å². The Morgan fingerprint density at radius 3 is 2.53 bits per heavy atom. The molecule has 4 rings (SSSR count). The molecule has 0 spiro atoms. The Hall–Kier alpha value is -3.39. The molecule has 11 heteroatoms. The quantitative estimate of drug-likeness (QED) is 0.462. The molecule has 3 aromatic rings. The number of aromatic nitrogens is 2. The smallest absolute Gasteiger partial charge is 0.376 e. The molecule has 1 aliphatic carbocycles. The Morgan fingerprint density at radius 2 is 1.94 bits per heavy atom. The number of H-pyrrole nitrogens is 1. The second kappa shape index (κ2) is 6.80. The lowest BCUT2D eigenvalue weighted by molar-refractivity contribution is -0.0500. The SMILES string of the molecule is CCc1cc2c(cc1OS(=O)(=O)C(F)(F)F)C(C)(C)c1[nH]c3nc(C#N)ccc3c1C2=O. The van der Waals surface area contributed by atoms with Gasteiger partial charge in [-0.15, -0.1) is 0 Å². The number of benzene rings is 1. The van der Waals surface area contributed by atoms with Crippen LogP contribution in [0.15, 0.2) is 24.3 Å². The van der Waals surface area contributed by atoms with Gasteiger partial charge in [0, 0.05) is 22.1 Å². The van der Waals surface area contributed by atoms with Crippen LogP contribution in [0.25, 0.3) is 11.0 Å². The molecule has 0 fully saturated rings. The third-order valence-corrected chi connectivity index (χ3v) is 6.57. The number of nitrogens with one attached hydrogen (secondary N) is 1. The van der Waals surface area contributed by atoms with Gasteiger partial charge in [0.15, 0.2) is 5.78 Å². The Morgan fingerprint density at radius 1 is 1.25 bits per heavy atom. The fourth-order valence-corrected chi connectivity index (χ4v) is 4.44. The Bertz CT molecular complexity index is 1450. The van der Waals surface area contributed by atoms with E-state index in [4.69, 9.17) is 5.26 Å². The second-order valence-electron chi connectivity index (χ2n) is 7.88. The van der Waals surface area contributed by atoms with Gasteiger partial charge < -0.3 is 9.17 Å². The highest BCUT2D eigenvalue weighted by Crippen LogP contribution is 2.45. The largest absolute Gasteiger partial charge is 0.534 e. The summed E-state index contributed by atoms with van der Waals surface area (Å²) in [7, 11) is -5.88. The predicted molar refractivity (Wildman–Crippen MR) is 108 cm³/mol. The maximum absolute atomic E-state index is 13.4. The van der Waals surface area contributed by atoms with Crippen LogP contribution >= 0.6 is 0 Å². The van der Waals surface area contributed by atoms with Crippen LogP contribution in [0.5, 0.6) is 5.75 Å². The molecule has 7 nitrogen and oxygen atoms in total. The minimum Gasteiger partial charge on any atom is -0.376 e. The zero-order chi connectivity index (χ0) is 23.6. The van der Waals surface area contributed by atoms with E-state index in [1.807, 2.05) is 6.07 Å². The van der Waals surface area contributed by atoms with Crippen LogP contribution in [0.3, 0.4) is 0 Å². The topological polar surface area (TPSA) is 113 Å². The van der Waals surface area contributed by atoms with E-state index in [-0.39, 0.29) is 29.0 Å². The van der Waals surface area contributed by atoms with Crippen LogP contribution in [0.4, 0.5) is 13.2 Å². The minimum absolute atomic E-state index is 0.136. The summed E-state index contributed by atoms with van der Waals surface area (Å²) < 4.78 is 66.3. The molecule has 32 heavy (non-hydrogen) atoms. The number of ketones is 1. The number of carbonyl (C=O) groups excluding carboxylic acids is 1. The van der Waals surface area contributed by atoms with Gasteiger partial charge in [0.25, 0.3) is 0 Å². The number of nitrogens with zero attached hydrogens (tertiary/aromatic N) is 2. The fraction of sp³-hybridized carbons (Fsp3) is 0.286. The van der Waals surface area contributed by atoms with Gasteiger partial charge in [-0.25, -0.2) is 4.98 Å². The minimum atomic E-state index is -5.88. The molecule has 1 N–H and O–H groups in total. The highest BCUT2D eigenvalue weighted by molar-refractivity contribution is 7.88. The maximum atomic E-state index is 13.4. The lowest BCUT2D eigenvalue weighted by Crippen LogP contribution is -2.32. The normalized spacial score (nSPS) is 15.2. The third kappa shape index (κ3) is 3.05. The highest BCUT2D eigenvalue weighted by atomic mass is 32.2.